The van der Waals surface area contributed by atoms with Gasteiger partial charge in [-0.25, -0.2) is 8.42 Å². The van der Waals surface area contributed by atoms with Gasteiger partial charge in [-0.05, 0) is 37.1 Å². The molecule has 2 fully saturated rings. The van der Waals surface area contributed by atoms with E-state index in [4.69, 9.17) is 23.2 Å². The molecule has 2 heterocycles. The maximum absolute atomic E-state index is 13.3. The van der Waals surface area contributed by atoms with Crippen molar-refractivity contribution in [2.75, 3.05) is 19.6 Å². The van der Waals surface area contributed by atoms with Crippen LogP contribution < -0.4 is 0 Å². The number of rotatable bonds is 5. The number of benzene rings is 1. The van der Waals surface area contributed by atoms with Crippen LogP contribution in [0.3, 0.4) is 0 Å². The van der Waals surface area contributed by atoms with Crippen molar-refractivity contribution >= 4 is 33.2 Å². The van der Waals surface area contributed by atoms with Crippen LogP contribution in [0.15, 0.2) is 54.8 Å². The third-order valence-electron chi connectivity index (χ3n) is 5.40. The maximum Gasteiger partial charge on any atom is 0.244 e. The predicted octanol–water partition coefficient (Wildman–Crippen LogP) is 3.59. The highest BCUT2D eigenvalue weighted by Gasteiger charge is 2.61. The minimum atomic E-state index is -3.73. The fourth-order valence-corrected chi connectivity index (χ4v) is 6.42. The molecule has 1 N–H and O–H groups in total. The van der Waals surface area contributed by atoms with E-state index in [1.807, 2.05) is 24.0 Å². The van der Waals surface area contributed by atoms with Crippen molar-refractivity contribution in [1.29, 1.82) is 0 Å². The van der Waals surface area contributed by atoms with Crippen molar-refractivity contribution < 1.29 is 13.5 Å². The van der Waals surface area contributed by atoms with Crippen LogP contribution in [-0.2, 0) is 16.6 Å². The highest BCUT2D eigenvalue weighted by Crippen LogP contribution is 2.43. The molecule has 2 atom stereocenters. The molecule has 3 rings (SSSR count). The third-order valence-corrected chi connectivity index (χ3v) is 8.73. The molecule has 8 heteroatoms. The van der Waals surface area contributed by atoms with Gasteiger partial charge in [-0.2, -0.15) is 0 Å². The van der Waals surface area contributed by atoms with Gasteiger partial charge in [0.25, 0.3) is 0 Å². The lowest BCUT2D eigenvalue weighted by Crippen LogP contribution is -2.47. The first kappa shape index (κ1) is 21.4. The summed E-state index contributed by atoms with van der Waals surface area (Å²) in [6.07, 6.45) is 6.43. The molecule has 1 aromatic carbocycles. The van der Waals surface area contributed by atoms with Crippen LogP contribution in [0.25, 0.3) is 0 Å². The lowest BCUT2D eigenvalue weighted by atomic mass is 10.0. The normalized spacial score (nSPS) is 27.6. The first-order valence-electron chi connectivity index (χ1n) is 9.06. The van der Waals surface area contributed by atoms with Crippen molar-refractivity contribution in [3.8, 4) is 0 Å². The van der Waals surface area contributed by atoms with E-state index in [-0.39, 0.29) is 13.1 Å². The van der Waals surface area contributed by atoms with Crippen LogP contribution in [0.5, 0.6) is 0 Å². The zero-order valence-corrected chi connectivity index (χ0v) is 18.0. The standard InChI is InChI=1S/C20H24Cl2N2O3S/c1-3-4-5-6-15(2)24-13-19(25)20(28(24,26)27)9-10-23(14-20)12-16-7-8-17(21)18(22)11-16/h3-8,11,19,25H,2,9-10,12-14H2,1H3/b4-3-,6-5-/t19-,20+/m0/s1. The Morgan fingerprint density at radius 3 is 2.79 bits per heavy atom. The topological polar surface area (TPSA) is 60.9 Å². The number of halogens is 2. The van der Waals surface area contributed by atoms with Gasteiger partial charge in [-0.1, -0.05) is 54.1 Å². The Bertz CT molecular complexity index is 929. The Kier molecular flexibility index (Phi) is 6.27. The molecular weight excluding hydrogens is 419 g/mol. The number of sulfonamides is 1. The number of nitrogens with zero attached hydrogens (tertiary/aromatic N) is 2. The summed E-state index contributed by atoms with van der Waals surface area (Å²) >= 11 is 12.0. The second-order valence-corrected chi connectivity index (χ2v) is 10.2. The first-order valence-corrected chi connectivity index (χ1v) is 11.3. The number of allylic oxidation sites excluding steroid dienone is 4. The molecule has 0 saturated carbocycles. The van der Waals surface area contributed by atoms with E-state index in [9.17, 15) is 13.5 Å². The molecule has 0 amide bonds. The fraction of sp³-hybridized carbons (Fsp3) is 0.400. The van der Waals surface area contributed by atoms with Gasteiger partial charge in [0.2, 0.25) is 10.0 Å². The molecule has 28 heavy (non-hydrogen) atoms. The van der Waals surface area contributed by atoms with Crippen LogP contribution in [0.2, 0.25) is 10.0 Å². The second kappa shape index (κ2) is 8.20. The van der Waals surface area contributed by atoms with Crippen molar-refractivity contribution in [2.45, 2.75) is 30.7 Å². The van der Waals surface area contributed by atoms with E-state index in [0.29, 0.717) is 35.3 Å². The van der Waals surface area contributed by atoms with Crippen LogP contribution in [0.1, 0.15) is 18.9 Å². The Morgan fingerprint density at radius 2 is 2.11 bits per heavy atom. The smallest absolute Gasteiger partial charge is 0.244 e. The van der Waals surface area contributed by atoms with Gasteiger partial charge in [0.15, 0.2) is 0 Å². The fourth-order valence-electron chi connectivity index (χ4n) is 3.84. The summed E-state index contributed by atoms with van der Waals surface area (Å²) in [5.41, 5.74) is 1.31. The Hall–Kier alpha value is -1.31. The van der Waals surface area contributed by atoms with Crippen molar-refractivity contribution in [3.05, 3.63) is 70.4 Å². The van der Waals surface area contributed by atoms with Gasteiger partial charge in [0.05, 0.1) is 22.7 Å². The number of aliphatic hydroxyl groups excluding tert-OH is 1. The van der Waals surface area contributed by atoms with E-state index in [0.717, 1.165) is 5.56 Å². The van der Waals surface area contributed by atoms with Gasteiger partial charge in [0.1, 0.15) is 4.75 Å². The predicted molar refractivity (Wildman–Crippen MR) is 114 cm³/mol. The number of hydrogen-bond donors (Lipinski definition) is 1. The Balaban J connectivity index is 1.78. The molecule has 1 spiro atoms. The first-order chi connectivity index (χ1) is 13.2. The lowest BCUT2D eigenvalue weighted by molar-refractivity contribution is 0.131. The molecule has 0 aromatic heterocycles. The third kappa shape index (κ3) is 3.76. The van der Waals surface area contributed by atoms with E-state index >= 15 is 0 Å². The van der Waals surface area contributed by atoms with Gasteiger partial charge in [-0.3, -0.25) is 9.21 Å². The summed E-state index contributed by atoms with van der Waals surface area (Å²) in [7, 11) is -3.73. The molecule has 2 aliphatic rings. The van der Waals surface area contributed by atoms with Crippen molar-refractivity contribution in [2.24, 2.45) is 0 Å². The Labute approximate surface area is 176 Å². The van der Waals surface area contributed by atoms with E-state index < -0.39 is 20.9 Å². The average Bonchev–Trinajstić information content (AvgIpc) is 3.15. The number of likely N-dealkylation sites (tertiary alicyclic amines) is 1. The highest BCUT2D eigenvalue weighted by atomic mass is 35.5. The van der Waals surface area contributed by atoms with Crippen LogP contribution in [0.4, 0.5) is 0 Å². The van der Waals surface area contributed by atoms with Gasteiger partial charge < -0.3 is 5.11 Å². The van der Waals surface area contributed by atoms with Crippen molar-refractivity contribution in [1.82, 2.24) is 9.21 Å². The zero-order valence-electron chi connectivity index (χ0n) is 15.7. The maximum atomic E-state index is 13.3. The summed E-state index contributed by atoms with van der Waals surface area (Å²) in [5.74, 6) is 0. The van der Waals surface area contributed by atoms with E-state index in [2.05, 4.69) is 6.58 Å². The summed E-state index contributed by atoms with van der Waals surface area (Å²) in [6.45, 7) is 7.16. The molecule has 0 radical (unpaired) electrons. The highest BCUT2D eigenvalue weighted by molar-refractivity contribution is 7.91. The molecular formula is C20H24Cl2N2O3S. The van der Waals surface area contributed by atoms with Crippen LogP contribution in [-0.4, -0.2) is 53.2 Å². The van der Waals surface area contributed by atoms with Crippen LogP contribution in [0, 0.1) is 0 Å². The lowest BCUT2D eigenvalue weighted by Gasteiger charge is -2.27. The molecule has 0 aliphatic carbocycles. The molecule has 0 bridgehead atoms. The quantitative estimate of drug-likeness (QED) is 0.707. The number of hydrogen-bond acceptors (Lipinski definition) is 4. The summed E-state index contributed by atoms with van der Waals surface area (Å²) < 4.78 is 26.6. The van der Waals surface area contributed by atoms with E-state index in [1.165, 1.54) is 4.31 Å². The molecule has 2 saturated heterocycles. The summed E-state index contributed by atoms with van der Waals surface area (Å²) in [5, 5.41) is 11.7. The summed E-state index contributed by atoms with van der Waals surface area (Å²) in [6, 6.07) is 5.39. The average molecular weight is 443 g/mol. The van der Waals surface area contributed by atoms with Gasteiger partial charge in [0, 0.05) is 25.3 Å². The second-order valence-electron chi connectivity index (χ2n) is 7.20. The number of β-amino-alcohol motifs (C(OH)–C–C–N with tert-alkyl or cyclic N) is 1. The zero-order chi connectivity index (χ0) is 20.5. The van der Waals surface area contributed by atoms with Gasteiger partial charge in [-0.15, -0.1) is 0 Å². The molecule has 2 aliphatic heterocycles. The SMILES string of the molecule is C=C(/C=C\C=C/C)N1C[C@H](O)[C@]2(CCN(Cc3ccc(Cl)c(Cl)c3)C2)S1(=O)=O. The molecule has 0 unspecified atom stereocenters. The minimum Gasteiger partial charge on any atom is -0.389 e. The van der Waals surface area contributed by atoms with Gasteiger partial charge >= 0.3 is 0 Å². The molecule has 1 aromatic rings. The molecule has 152 valence electrons. The van der Waals surface area contributed by atoms with Crippen molar-refractivity contribution in [3.63, 3.8) is 0 Å². The van der Waals surface area contributed by atoms with Crippen LogP contribution >= 0.6 is 23.2 Å². The summed E-state index contributed by atoms with van der Waals surface area (Å²) in [4.78, 5) is 2.03. The Morgan fingerprint density at radius 1 is 1.36 bits per heavy atom. The number of aliphatic hydroxyl groups is 1. The monoisotopic (exact) mass is 442 g/mol. The molecule has 5 nitrogen and oxygen atoms in total. The minimum absolute atomic E-state index is 0.0297. The van der Waals surface area contributed by atoms with E-state index in [1.54, 1.807) is 30.4 Å². The largest absolute Gasteiger partial charge is 0.389 e.